The molecule has 1 fully saturated rings. The van der Waals surface area contributed by atoms with Crippen LogP contribution in [0, 0.1) is 5.92 Å². The van der Waals surface area contributed by atoms with E-state index in [1.165, 1.54) is 0 Å². The summed E-state index contributed by atoms with van der Waals surface area (Å²) in [6, 6.07) is -0.729. The van der Waals surface area contributed by atoms with Gasteiger partial charge < -0.3 is 16.0 Å². The van der Waals surface area contributed by atoms with E-state index in [9.17, 15) is 9.59 Å². The number of likely N-dealkylation sites (tertiary alicyclic amines) is 1. The lowest BCUT2D eigenvalue weighted by atomic mass is 10.0. The fourth-order valence-corrected chi connectivity index (χ4v) is 2.24. The van der Waals surface area contributed by atoms with Gasteiger partial charge >= 0.3 is 0 Å². The number of carbonyl (C=O) groups excluding carboxylic acids is 2. The summed E-state index contributed by atoms with van der Waals surface area (Å²) < 4.78 is 0. The fourth-order valence-electron chi connectivity index (χ4n) is 2.24. The molecule has 2 amide bonds. The van der Waals surface area contributed by atoms with Gasteiger partial charge in [0.05, 0.1) is 6.04 Å². The second-order valence-corrected chi connectivity index (χ2v) is 5.71. The van der Waals surface area contributed by atoms with Gasteiger partial charge in [0.25, 0.3) is 0 Å². The van der Waals surface area contributed by atoms with Crippen LogP contribution in [-0.4, -0.2) is 41.4 Å². The third kappa shape index (κ3) is 3.70. The summed E-state index contributed by atoms with van der Waals surface area (Å²) in [5.74, 6) is 0.167. The molecule has 1 rings (SSSR count). The van der Waals surface area contributed by atoms with Gasteiger partial charge in [-0.2, -0.15) is 0 Å². The maximum absolute atomic E-state index is 12.0. The highest BCUT2D eigenvalue weighted by molar-refractivity contribution is 5.91. The van der Waals surface area contributed by atoms with Gasteiger partial charge in [0.2, 0.25) is 11.8 Å². The molecule has 1 heterocycles. The van der Waals surface area contributed by atoms with E-state index >= 15 is 0 Å². The number of carbonyl (C=O) groups is 2. The van der Waals surface area contributed by atoms with E-state index in [0.29, 0.717) is 25.3 Å². The van der Waals surface area contributed by atoms with Crippen molar-refractivity contribution in [3.63, 3.8) is 0 Å². The molecule has 104 valence electrons. The van der Waals surface area contributed by atoms with Crippen LogP contribution in [-0.2, 0) is 9.59 Å². The zero-order valence-electron chi connectivity index (χ0n) is 11.8. The molecule has 0 aromatic carbocycles. The first kappa shape index (κ1) is 15.0. The molecule has 0 aromatic heterocycles. The van der Waals surface area contributed by atoms with Gasteiger partial charge in [0.15, 0.2) is 0 Å². The third-order valence-corrected chi connectivity index (χ3v) is 3.24. The maximum atomic E-state index is 12.0. The van der Waals surface area contributed by atoms with Crippen molar-refractivity contribution in [1.29, 1.82) is 0 Å². The van der Waals surface area contributed by atoms with E-state index in [1.807, 2.05) is 27.7 Å². The quantitative estimate of drug-likeness (QED) is 0.750. The average Bonchev–Trinajstić information content (AvgIpc) is 2.59. The molecular weight excluding hydrogens is 230 g/mol. The van der Waals surface area contributed by atoms with E-state index in [-0.39, 0.29) is 17.9 Å². The monoisotopic (exact) mass is 255 g/mol. The Bertz CT molecular complexity index is 315. The summed E-state index contributed by atoms with van der Waals surface area (Å²) in [6.45, 7) is 8.71. The number of nitrogens with one attached hydrogen (secondary N) is 1. The van der Waals surface area contributed by atoms with Crippen molar-refractivity contribution in [2.45, 2.75) is 58.7 Å². The summed E-state index contributed by atoms with van der Waals surface area (Å²) >= 11 is 0. The largest absolute Gasteiger partial charge is 0.343 e. The minimum absolute atomic E-state index is 0.00935. The topological polar surface area (TPSA) is 75.4 Å². The van der Waals surface area contributed by atoms with Gasteiger partial charge in [-0.05, 0) is 32.6 Å². The average molecular weight is 255 g/mol. The molecule has 5 nitrogen and oxygen atoms in total. The molecular formula is C13H25N3O2. The Morgan fingerprint density at radius 3 is 2.50 bits per heavy atom. The number of hydrogen-bond donors (Lipinski definition) is 2. The van der Waals surface area contributed by atoms with Crippen molar-refractivity contribution >= 4 is 11.8 Å². The molecule has 0 radical (unpaired) electrons. The van der Waals surface area contributed by atoms with E-state index in [4.69, 9.17) is 5.73 Å². The molecule has 0 saturated carbocycles. The Balaban J connectivity index is 2.49. The molecule has 3 N–H and O–H groups in total. The zero-order chi connectivity index (χ0) is 13.9. The molecule has 1 aliphatic rings. The molecule has 1 saturated heterocycles. The molecule has 0 spiro atoms. The Hall–Kier alpha value is -1.10. The maximum Gasteiger partial charge on any atom is 0.245 e. The smallest absolute Gasteiger partial charge is 0.245 e. The molecule has 18 heavy (non-hydrogen) atoms. The normalized spacial score (nSPS) is 21.8. The molecule has 0 aliphatic carbocycles. The van der Waals surface area contributed by atoms with E-state index in [1.54, 1.807) is 4.90 Å². The van der Waals surface area contributed by atoms with Gasteiger partial charge in [-0.15, -0.1) is 0 Å². The molecule has 0 aromatic rings. The molecule has 5 heteroatoms. The second kappa shape index (κ2) is 6.18. The van der Waals surface area contributed by atoms with Gasteiger partial charge in [-0.1, -0.05) is 13.8 Å². The lowest BCUT2D eigenvalue weighted by molar-refractivity contribution is -0.134. The highest BCUT2D eigenvalue weighted by Crippen LogP contribution is 2.14. The summed E-state index contributed by atoms with van der Waals surface area (Å²) in [4.78, 5) is 25.6. The van der Waals surface area contributed by atoms with Crippen LogP contribution < -0.4 is 11.1 Å². The van der Waals surface area contributed by atoms with Crippen LogP contribution in [0.1, 0.15) is 40.5 Å². The lowest BCUT2D eigenvalue weighted by Crippen LogP contribution is -2.49. The van der Waals surface area contributed by atoms with Crippen LogP contribution in [0.25, 0.3) is 0 Å². The highest BCUT2D eigenvalue weighted by Gasteiger charge is 2.34. The zero-order valence-corrected chi connectivity index (χ0v) is 11.8. The van der Waals surface area contributed by atoms with E-state index in [0.717, 1.165) is 0 Å². The summed E-state index contributed by atoms with van der Waals surface area (Å²) in [5, 5.41) is 2.76. The van der Waals surface area contributed by atoms with Gasteiger partial charge in [-0.25, -0.2) is 0 Å². The first-order valence-electron chi connectivity index (χ1n) is 6.69. The van der Waals surface area contributed by atoms with Crippen LogP contribution in [0.4, 0.5) is 0 Å². The lowest BCUT2D eigenvalue weighted by Gasteiger charge is -2.22. The van der Waals surface area contributed by atoms with Crippen molar-refractivity contribution in [3.05, 3.63) is 0 Å². The van der Waals surface area contributed by atoms with Gasteiger partial charge in [0, 0.05) is 12.6 Å². The van der Waals surface area contributed by atoms with Crippen molar-refractivity contribution in [3.8, 4) is 0 Å². The first-order chi connectivity index (χ1) is 8.32. The number of nitrogens with two attached hydrogens (primary N) is 1. The minimum atomic E-state index is -0.522. The number of hydrogen-bond acceptors (Lipinski definition) is 3. The SMILES string of the molecule is CC(C)C[C@H](N)C(=O)NC1CCN(C(C)C)C1=O. The summed E-state index contributed by atoms with van der Waals surface area (Å²) in [7, 11) is 0. The predicted molar refractivity (Wildman–Crippen MR) is 70.8 cm³/mol. The van der Waals surface area contributed by atoms with Crippen LogP contribution >= 0.6 is 0 Å². The van der Waals surface area contributed by atoms with Crippen LogP contribution in [0.5, 0.6) is 0 Å². The van der Waals surface area contributed by atoms with E-state index in [2.05, 4.69) is 5.32 Å². The predicted octanol–water partition coefficient (Wildman–Crippen LogP) is 0.485. The van der Waals surface area contributed by atoms with Crippen LogP contribution in [0.15, 0.2) is 0 Å². The number of amides is 2. The van der Waals surface area contributed by atoms with Crippen LogP contribution in [0.3, 0.4) is 0 Å². The Kier molecular flexibility index (Phi) is 5.14. The standard InChI is InChI=1S/C13H25N3O2/c1-8(2)7-10(14)12(17)15-11-5-6-16(9(3)4)13(11)18/h8-11H,5-7,14H2,1-4H3,(H,15,17)/t10-,11?/m0/s1. The molecule has 1 unspecified atom stereocenters. The Morgan fingerprint density at radius 1 is 1.44 bits per heavy atom. The Morgan fingerprint density at radius 2 is 2.06 bits per heavy atom. The molecule has 0 bridgehead atoms. The first-order valence-corrected chi connectivity index (χ1v) is 6.69. The summed E-state index contributed by atoms with van der Waals surface area (Å²) in [6.07, 6.45) is 1.32. The molecule has 1 aliphatic heterocycles. The minimum Gasteiger partial charge on any atom is -0.343 e. The molecule has 2 atom stereocenters. The van der Waals surface area contributed by atoms with Gasteiger partial charge in [0.1, 0.15) is 6.04 Å². The third-order valence-electron chi connectivity index (χ3n) is 3.24. The van der Waals surface area contributed by atoms with Crippen molar-refractivity contribution < 1.29 is 9.59 Å². The second-order valence-electron chi connectivity index (χ2n) is 5.71. The van der Waals surface area contributed by atoms with E-state index < -0.39 is 12.1 Å². The highest BCUT2D eigenvalue weighted by atomic mass is 16.2. The van der Waals surface area contributed by atoms with Crippen molar-refractivity contribution in [2.75, 3.05) is 6.54 Å². The van der Waals surface area contributed by atoms with Crippen molar-refractivity contribution in [2.24, 2.45) is 11.7 Å². The van der Waals surface area contributed by atoms with Crippen LogP contribution in [0.2, 0.25) is 0 Å². The fraction of sp³-hybridized carbons (Fsp3) is 0.846. The van der Waals surface area contributed by atoms with Gasteiger partial charge in [-0.3, -0.25) is 9.59 Å². The summed E-state index contributed by atoms with van der Waals surface area (Å²) in [5.41, 5.74) is 5.80. The van der Waals surface area contributed by atoms with Crippen molar-refractivity contribution in [1.82, 2.24) is 10.2 Å². The number of nitrogens with zero attached hydrogens (tertiary/aromatic N) is 1. The number of rotatable bonds is 5. The Labute approximate surface area is 109 Å².